The molecule has 0 fully saturated rings. The van der Waals surface area contributed by atoms with Crippen molar-refractivity contribution in [2.75, 3.05) is 6.61 Å². The molecule has 5 nitrogen and oxygen atoms in total. The van der Waals surface area contributed by atoms with Crippen molar-refractivity contribution < 1.29 is 9.84 Å². The molecule has 0 aliphatic carbocycles. The quantitative estimate of drug-likeness (QED) is 0.827. The number of ether oxygens (including phenoxy) is 1. The van der Waals surface area contributed by atoms with Crippen LogP contribution in [0, 0.1) is 0 Å². The number of aliphatic hydroxyl groups excluding tert-OH is 1. The molecular formula is C6H7Cl2N3O2. The Hall–Kier alpha value is -0.650. The minimum Gasteiger partial charge on any atom is -0.461 e. The van der Waals surface area contributed by atoms with E-state index in [-0.39, 0.29) is 23.2 Å². The number of hydrogen-bond acceptors (Lipinski definition) is 5. The monoisotopic (exact) mass is 223 g/mol. The molecule has 1 aromatic rings. The van der Waals surface area contributed by atoms with Crippen molar-refractivity contribution in [1.29, 1.82) is 0 Å². The Bertz CT molecular complexity index is 275. The highest BCUT2D eigenvalue weighted by molar-refractivity contribution is 6.31. The topological polar surface area (TPSA) is 68.1 Å². The van der Waals surface area contributed by atoms with Crippen LogP contribution >= 0.6 is 23.2 Å². The van der Waals surface area contributed by atoms with Crippen LogP contribution in [-0.4, -0.2) is 32.8 Å². The maximum Gasteiger partial charge on any atom is 0.322 e. The molecule has 1 atom stereocenters. The summed E-state index contributed by atoms with van der Waals surface area (Å²) >= 11 is 11.0. The molecule has 72 valence electrons. The maximum atomic E-state index is 8.89. The van der Waals surface area contributed by atoms with Gasteiger partial charge < -0.3 is 9.84 Å². The third-order valence-electron chi connectivity index (χ3n) is 1.01. The lowest BCUT2D eigenvalue weighted by Crippen LogP contribution is -2.14. The highest BCUT2D eigenvalue weighted by Gasteiger charge is 2.05. The lowest BCUT2D eigenvalue weighted by Gasteiger charge is -2.05. The molecule has 0 spiro atoms. The van der Waals surface area contributed by atoms with Crippen molar-refractivity contribution >= 4 is 23.2 Å². The largest absolute Gasteiger partial charge is 0.461 e. The minimum absolute atomic E-state index is 0.00546. The van der Waals surface area contributed by atoms with E-state index in [1.807, 2.05) is 0 Å². The van der Waals surface area contributed by atoms with Crippen LogP contribution in [0.3, 0.4) is 0 Å². The average Bonchev–Trinajstić information content (AvgIpc) is 1.99. The normalized spacial score (nSPS) is 12.6. The summed E-state index contributed by atoms with van der Waals surface area (Å²) in [6.07, 6.45) is -0.602. The van der Waals surface area contributed by atoms with Crippen molar-refractivity contribution in [2.45, 2.75) is 13.0 Å². The number of nitrogens with zero attached hydrogens (tertiary/aromatic N) is 3. The number of rotatable bonds is 3. The molecule has 0 aliphatic heterocycles. The molecule has 1 heterocycles. The SMILES string of the molecule is CC(O)COc1nc(Cl)nc(Cl)n1. The summed E-state index contributed by atoms with van der Waals surface area (Å²) in [4.78, 5) is 10.8. The second-order valence-corrected chi connectivity index (χ2v) is 2.99. The van der Waals surface area contributed by atoms with Gasteiger partial charge in [-0.25, -0.2) is 0 Å². The van der Waals surface area contributed by atoms with Crippen LogP contribution in [0.25, 0.3) is 0 Å². The summed E-state index contributed by atoms with van der Waals surface area (Å²) in [5.74, 6) is 0. The summed E-state index contributed by atoms with van der Waals surface area (Å²) in [6, 6.07) is 0.00546. The van der Waals surface area contributed by atoms with Gasteiger partial charge in [-0.15, -0.1) is 0 Å². The number of aliphatic hydroxyl groups is 1. The van der Waals surface area contributed by atoms with Gasteiger partial charge in [0.05, 0.1) is 6.10 Å². The van der Waals surface area contributed by atoms with E-state index in [0.29, 0.717) is 0 Å². The van der Waals surface area contributed by atoms with Gasteiger partial charge in [-0.3, -0.25) is 0 Å². The van der Waals surface area contributed by atoms with Gasteiger partial charge in [0.2, 0.25) is 10.6 Å². The molecule has 0 saturated heterocycles. The fourth-order valence-electron chi connectivity index (χ4n) is 0.569. The van der Waals surface area contributed by atoms with E-state index < -0.39 is 6.10 Å². The minimum atomic E-state index is -0.602. The third-order valence-corrected chi connectivity index (χ3v) is 1.35. The van der Waals surface area contributed by atoms with Crippen LogP contribution in [0.4, 0.5) is 0 Å². The number of aromatic nitrogens is 3. The molecule has 0 amide bonds. The number of halogens is 2. The van der Waals surface area contributed by atoms with Gasteiger partial charge in [0.25, 0.3) is 0 Å². The Morgan fingerprint density at radius 1 is 1.31 bits per heavy atom. The molecule has 0 radical (unpaired) electrons. The van der Waals surface area contributed by atoms with Crippen molar-refractivity contribution in [2.24, 2.45) is 0 Å². The molecule has 1 aromatic heterocycles. The Morgan fingerprint density at radius 3 is 2.31 bits per heavy atom. The van der Waals surface area contributed by atoms with E-state index in [9.17, 15) is 0 Å². The molecular weight excluding hydrogens is 217 g/mol. The zero-order valence-electron chi connectivity index (χ0n) is 6.74. The van der Waals surface area contributed by atoms with E-state index in [0.717, 1.165) is 0 Å². The lowest BCUT2D eigenvalue weighted by molar-refractivity contribution is 0.116. The van der Waals surface area contributed by atoms with Crippen LogP contribution < -0.4 is 4.74 Å². The van der Waals surface area contributed by atoms with E-state index in [1.165, 1.54) is 0 Å². The third kappa shape index (κ3) is 3.71. The molecule has 7 heteroatoms. The fourth-order valence-corrected chi connectivity index (χ4v) is 0.917. The predicted molar refractivity (Wildman–Crippen MR) is 47.0 cm³/mol. The Labute approximate surface area is 84.7 Å². The molecule has 0 aromatic carbocycles. The highest BCUT2D eigenvalue weighted by Crippen LogP contribution is 2.11. The first-order chi connectivity index (χ1) is 6.08. The molecule has 1 unspecified atom stereocenters. The predicted octanol–water partition coefficient (Wildman–Crippen LogP) is 0.938. The van der Waals surface area contributed by atoms with Gasteiger partial charge >= 0.3 is 6.01 Å². The second kappa shape index (κ2) is 4.55. The van der Waals surface area contributed by atoms with Crippen molar-refractivity contribution in [3.63, 3.8) is 0 Å². The summed E-state index contributed by atoms with van der Waals surface area (Å²) in [5.41, 5.74) is 0. The maximum absolute atomic E-state index is 8.89. The summed E-state index contributed by atoms with van der Waals surface area (Å²) in [7, 11) is 0. The summed E-state index contributed by atoms with van der Waals surface area (Å²) in [5, 5.41) is 8.81. The first kappa shape index (κ1) is 10.4. The van der Waals surface area contributed by atoms with Crippen LogP contribution in [-0.2, 0) is 0 Å². The van der Waals surface area contributed by atoms with Crippen LogP contribution in [0.15, 0.2) is 0 Å². The zero-order valence-corrected chi connectivity index (χ0v) is 8.25. The Balaban J connectivity index is 2.66. The van der Waals surface area contributed by atoms with Crippen LogP contribution in [0.1, 0.15) is 6.92 Å². The Kier molecular flexibility index (Phi) is 3.65. The molecule has 0 saturated carbocycles. The summed E-state index contributed by atoms with van der Waals surface area (Å²) < 4.78 is 4.95. The standard InChI is InChI=1S/C6H7Cl2N3O2/c1-3(12)2-13-6-10-4(7)9-5(8)11-6/h3,12H,2H2,1H3. The first-order valence-corrected chi connectivity index (χ1v) is 4.21. The molecule has 0 bridgehead atoms. The highest BCUT2D eigenvalue weighted by atomic mass is 35.5. The van der Waals surface area contributed by atoms with E-state index in [4.69, 9.17) is 33.0 Å². The Morgan fingerprint density at radius 2 is 1.85 bits per heavy atom. The average molecular weight is 224 g/mol. The number of hydrogen-bond donors (Lipinski definition) is 1. The molecule has 13 heavy (non-hydrogen) atoms. The van der Waals surface area contributed by atoms with Crippen molar-refractivity contribution in [3.8, 4) is 6.01 Å². The van der Waals surface area contributed by atoms with Gasteiger partial charge in [0.1, 0.15) is 6.61 Å². The van der Waals surface area contributed by atoms with Gasteiger partial charge in [-0.05, 0) is 30.1 Å². The fraction of sp³-hybridized carbons (Fsp3) is 0.500. The van der Waals surface area contributed by atoms with E-state index in [1.54, 1.807) is 6.92 Å². The van der Waals surface area contributed by atoms with E-state index in [2.05, 4.69) is 15.0 Å². The van der Waals surface area contributed by atoms with Gasteiger partial charge in [0.15, 0.2) is 0 Å². The first-order valence-electron chi connectivity index (χ1n) is 3.46. The van der Waals surface area contributed by atoms with Crippen molar-refractivity contribution in [1.82, 2.24) is 15.0 Å². The summed E-state index contributed by atoms with van der Waals surface area (Å²) in [6.45, 7) is 1.65. The van der Waals surface area contributed by atoms with Crippen LogP contribution in [0.2, 0.25) is 10.6 Å². The zero-order chi connectivity index (χ0) is 9.84. The lowest BCUT2D eigenvalue weighted by atomic mass is 10.4. The molecule has 0 aliphatic rings. The molecule has 1 rings (SSSR count). The van der Waals surface area contributed by atoms with Crippen molar-refractivity contribution in [3.05, 3.63) is 10.6 Å². The van der Waals surface area contributed by atoms with Gasteiger partial charge in [0, 0.05) is 0 Å². The van der Waals surface area contributed by atoms with Gasteiger partial charge in [-0.1, -0.05) is 0 Å². The smallest absolute Gasteiger partial charge is 0.322 e. The second-order valence-electron chi connectivity index (χ2n) is 2.32. The van der Waals surface area contributed by atoms with Gasteiger partial charge in [-0.2, -0.15) is 15.0 Å². The van der Waals surface area contributed by atoms with E-state index >= 15 is 0 Å². The van der Waals surface area contributed by atoms with Crippen LogP contribution in [0.5, 0.6) is 6.01 Å². The molecule has 1 N–H and O–H groups in total.